The predicted octanol–water partition coefficient (Wildman–Crippen LogP) is 3.76. The van der Waals surface area contributed by atoms with Crippen molar-refractivity contribution in [3.8, 4) is 11.4 Å². The monoisotopic (exact) mass is 418 g/mol. The summed E-state index contributed by atoms with van der Waals surface area (Å²) in [6.45, 7) is 8.08. The molecule has 2 N–H and O–H groups in total. The van der Waals surface area contributed by atoms with Crippen LogP contribution in [0.25, 0.3) is 11.4 Å². The molecule has 3 aromatic rings. The van der Waals surface area contributed by atoms with Crippen LogP contribution in [0.4, 0.5) is 0 Å². The SMILES string of the molecule is CCNC(=NCc1nc(C)c(C)s1)NCCc1nc(-c2cccc(Cl)c2)no1. The van der Waals surface area contributed by atoms with E-state index in [2.05, 4.69) is 37.7 Å². The van der Waals surface area contributed by atoms with Gasteiger partial charge >= 0.3 is 0 Å². The molecule has 0 saturated heterocycles. The van der Waals surface area contributed by atoms with Gasteiger partial charge in [-0.1, -0.05) is 28.9 Å². The third-order valence-corrected chi connectivity index (χ3v) is 5.26. The molecule has 0 aliphatic rings. The quantitative estimate of drug-likeness (QED) is 0.448. The van der Waals surface area contributed by atoms with Gasteiger partial charge in [0.2, 0.25) is 11.7 Å². The summed E-state index contributed by atoms with van der Waals surface area (Å²) in [6.07, 6.45) is 0.591. The first kappa shape index (κ1) is 20.3. The first-order chi connectivity index (χ1) is 13.5. The summed E-state index contributed by atoms with van der Waals surface area (Å²) in [4.78, 5) is 14.8. The summed E-state index contributed by atoms with van der Waals surface area (Å²) in [5.74, 6) is 1.83. The minimum absolute atomic E-state index is 0.535. The number of hydrogen-bond donors (Lipinski definition) is 2. The van der Waals surface area contributed by atoms with E-state index in [1.165, 1.54) is 4.88 Å². The van der Waals surface area contributed by atoms with Gasteiger partial charge in [-0.2, -0.15) is 4.98 Å². The molecule has 148 valence electrons. The van der Waals surface area contributed by atoms with Crippen LogP contribution >= 0.6 is 22.9 Å². The van der Waals surface area contributed by atoms with Crippen LogP contribution < -0.4 is 10.6 Å². The van der Waals surface area contributed by atoms with Crippen molar-refractivity contribution in [2.45, 2.75) is 33.7 Å². The number of halogens is 1. The van der Waals surface area contributed by atoms with Crippen LogP contribution in [-0.4, -0.2) is 34.2 Å². The maximum Gasteiger partial charge on any atom is 0.228 e. The van der Waals surface area contributed by atoms with Crippen molar-refractivity contribution in [2.75, 3.05) is 13.1 Å². The average molecular weight is 419 g/mol. The molecule has 28 heavy (non-hydrogen) atoms. The molecule has 0 fully saturated rings. The molecular formula is C19H23ClN6OS. The molecule has 2 heterocycles. The Hall–Kier alpha value is -2.45. The Bertz CT molecular complexity index is 932. The number of hydrogen-bond acceptors (Lipinski definition) is 6. The van der Waals surface area contributed by atoms with Crippen molar-refractivity contribution in [1.82, 2.24) is 25.8 Å². The standard InChI is InChI=1S/C19H23ClN6OS/c1-4-21-19(23-11-17-24-12(2)13(3)28-17)22-9-8-16-25-18(26-27-16)14-6-5-7-15(20)10-14/h5-7,10H,4,8-9,11H2,1-3H3,(H2,21,22,23). The molecule has 9 heteroatoms. The summed E-state index contributed by atoms with van der Waals surface area (Å²) in [5.41, 5.74) is 1.90. The smallest absolute Gasteiger partial charge is 0.228 e. The van der Waals surface area contributed by atoms with E-state index in [9.17, 15) is 0 Å². The van der Waals surface area contributed by atoms with Crippen LogP contribution in [0.5, 0.6) is 0 Å². The largest absolute Gasteiger partial charge is 0.357 e. The number of aliphatic imine (C=N–C) groups is 1. The van der Waals surface area contributed by atoms with Gasteiger partial charge in [0, 0.05) is 35.0 Å². The van der Waals surface area contributed by atoms with Crippen LogP contribution in [0.2, 0.25) is 5.02 Å². The highest BCUT2D eigenvalue weighted by Crippen LogP contribution is 2.20. The third-order valence-electron chi connectivity index (χ3n) is 3.97. The van der Waals surface area contributed by atoms with Crippen LogP contribution in [0.15, 0.2) is 33.8 Å². The number of guanidine groups is 1. The van der Waals surface area contributed by atoms with Gasteiger partial charge in [-0.15, -0.1) is 11.3 Å². The zero-order chi connectivity index (χ0) is 19.9. The molecule has 0 aliphatic heterocycles. The molecule has 7 nitrogen and oxygen atoms in total. The Morgan fingerprint density at radius 1 is 1.25 bits per heavy atom. The van der Waals surface area contributed by atoms with Crippen LogP contribution in [0.3, 0.4) is 0 Å². The van der Waals surface area contributed by atoms with Crippen molar-refractivity contribution >= 4 is 28.9 Å². The molecule has 0 spiro atoms. The van der Waals surface area contributed by atoms with Crippen molar-refractivity contribution in [1.29, 1.82) is 0 Å². The minimum Gasteiger partial charge on any atom is -0.357 e. The van der Waals surface area contributed by atoms with Gasteiger partial charge in [-0.05, 0) is 32.9 Å². The van der Waals surface area contributed by atoms with E-state index in [1.807, 2.05) is 38.1 Å². The second-order valence-corrected chi connectivity index (χ2v) is 7.87. The lowest BCUT2D eigenvalue weighted by atomic mass is 10.2. The first-order valence-electron chi connectivity index (χ1n) is 9.08. The lowest BCUT2D eigenvalue weighted by Gasteiger charge is -2.09. The Labute approximate surface area is 173 Å². The Kier molecular flexibility index (Phi) is 7.00. The number of rotatable bonds is 7. The van der Waals surface area contributed by atoms with Crippen molar-refractivity contribution in [3.05, 3.63) is 50.8 Å². The third kappa shape index (κ3) is 5.53. The highest BCUT2D eigenvalue weighted by molar-refractivity contribution is 7.11. The molecule has 2 aromatic heterocycles. The van der Waals surface area contributed by atoms with Crippen molar-refractivity contribution in [3.63, 3.8) is 0 Å². The van der Waals surface area contributed by atoms with E-state index < -0.39 is 0 Å². The number of aromatic nitrogens is 3. The summed E-state index contributed by atoms with van der Waals surface area (Å²) in [7, 11) is 0. The number of nitrogens with zero attached hydrogens (tertiary/aromatic N) is 4. The van der Waals surface area contributed by atoms with Gasteiger partial charge in [0.15, 0.2) is 5.96 Å². The number of thiazole rings is 1. The van der Waals surface area contributed by atoms with E-state index in [4.69, 9.17) is 16.1 Å². The second-order valence-electron chi connectivity index (χ2n) is 6.14. The fourth-order valence-electron chi connectivity index (χ4n) is 2.48. The topological polar surface area (TPSA) is 88.2 Å². The Morgan fingerprint density at radius 3 is 2.82 bits per heavy atom. The maximum absolute atomic E-state index is 6.01. The zero-order valence-electron chi connectivity index (χ0n) is 16.1. The first-order valence-corrected chi connectivity index (χ1v) is 10.3. The molecule has 0 unspecified atom stereocenters. The molecular weight excluding hydrogens is 396 g/mol. The van der Waals surface area contributed by atoms with E-state index >= 15 is 0 Å². The zero-order valence-corrected chi connectivity index (χ0v) is 17.7. The van der Waals surface area contributed by atoms with Gasteiger partial charge in [0.1, 0.15) is 5.01 Å². The Morgan fingerprint density at radius 2 is 2.11 bits per heavy atom. The van der Waals surface area contributed by atoms with Crippen molar-refractivity contribution in [2.24, 2.45) is 4.99 Å². The molecule has 3 rings (SSSR count). The lowest BCUT2D eigenvalue weighted by molar-refractivity contribution is 0.378. The van der Waals surface area contributed by atoms with Crippen LogP contribution in [-0.2, 0) is 13.0 Å². The fourth-order valence-corrected chi connectivity index (χ4v) is 3.53. The highest BCUT2D eigenvalue weighted by Gasteiger charge is 2.09. The normalized spacial score (nSPS) is 11.6. The minimum atomic E-state index is 0.535. The number of aryl methyl sites for hydroxylation is 2. The molecule has 0 saturated carbocycles. The van der Waals surface area contributed by atoms with E-state index in [0.717, 1.165) is 28.8 Å². The fraction of sp³-hybridized carbons (Fsp3) is 0.368. The summed E-state index contributed by atoms with van der Waals surface area (Å²) in [5, 5.41) is 12.2. The predicted molar refractivity (Wildman–Crippen MR) is 113 cm³/mol. The molecule has 0 radical (unpaired) electrons. The highest BCUT2D eigenvalue weighted by atomic mass is 35.5. The average Bonchev–Trinajstić information content (AvgIpc) is 3.26. The van der Waals surface area contributed by atoms with Gasteiger partial charge in [-0.3, -0.25) is 0 Å². The number of benzene rings is 1. The summed E-state index contributed by atoms with van der Waals surface area (Å²) in [6, 6.07) is 7.38. The van der Waals surface area contributed by atoms with E-state index in [1.54, 1.807) is 11.3 Å². The van der Waals surface area contributed by atoms with Crippen molar-refractivity contribution < 1.29 is 4.52 Å². The van der Waals surface area contributed by atoms with Gasteiger partial charge < -0.3 is 15.2 Å². The van der Waals surface area contributed by atoms with Gasteiger partial charge in [0.25, 0.3) is 0 Å². The van der Waals surface area contributed by atoms with Crippen LogP contribution in [0.1, 0.15) is 28.4 Å². The van der Waals surface area contributed by atoms with E-state index in [0.29, 0.717) is 36.2 Å². The summed E-state index contributed by atoms with van der Waals surface area (Å²) >= 11 is 7.69. The molecule has 0 bridgehead atoms. The molecule has 0 aliphatic carbocycles. The maximum atomic E-state index is 6.01. The van der Waals surface area contributed by atoms with Gasteiger partial charge in [-0.25, -0.2) is 9.98 Å². The number of nitrogens with one attached hydrogen (secondary N) is 2. The second kappa shape index (κ2) is 9.66. The lowest BCUT2D eigenvalue weighted by Crippen LogP contribution is -2.38. The molecule has 0 atom stereocenters. The van der Waals surface area contributed by atoms with E-state index in [-0.39, 0.29) is 0 Å². The Balaban J connectivity index is 1.55. The molecule has 1 aromatic carbocycles. The van der Waals surface area contributed by atoms with Gasteiger partial charge in [0.05, 0.1) is 12.2 Å². The van der Waals surface area contributed by atoms with Crippen LogP contribution in [0, 0.1) is 13.8 Å². The summed E-state index contributed by atoms with van der Waals surface area (Å²) < 4.78 is 5.33. The molecule has 0 amide bonds.